The SMILES string of the molecule is CCc1noc(-c2ccc(SCC(=O)NCc3ccco3)nc2)n1. The van der Waals surface area contributed by atoms with Crippen LogP contribution in [0.25, 0.3) is 11.5 Å². The van der Waals surface area contributed by atoms with Crippen LogP contribution >= 0.6 is 11.8 Å². The molecule has 0 aromatic carbocycles. The molecule has 3 aromatic heterocycles. The highest BCUT2D eigenvalue weighted by Crippen LogP contribution is 2.20. The minimum Gasteiger partial charge on any atom is -0.467 e. The Morgan fingerprint density at radius 3 is 2.92 bits per heavy atom. The van der Waals surface area contributed by atoms with Crippen LogP contribution in [0, 0.1) is 0 Å². The Kier molecular flexibility index (Phi) is 5.27. The number of carbonyl (C=O) groups excluding carboxylic acids is 1. The second kappa shape index (κ2) is 7.78. The van der Waals surface area contributed by atoms with E-state index < -0.39 is 0 Å². The molecular formula is C16H16N4O3S. The highest BCUT2D eigenvalue weighted by atomic mass is 32.2. The number of nitrogens with one attached hydrogen (secondary N) is 1. The summed E-state index contributed by atoms with van der Waals surface area (Å²) in [5, 5.41) is 7.39. The Balaban J connectivity index is 1.49. The Morgan fingerprint density at radius 2 is 2.25 bits per heavy atom. The zero-order chi connectivity index (χ0) is 16.8. The van der Waals surface area contributed by atoms with Gasteiger partial charge in [-0.15, -0.1) is 0 Å². The first-order valence-corrected chi connectivity index (χ1v) is 8.44. The molecule has 0 unspecified atom stereocenters. The molecule has 0 aliphatic carbocycles. The topological polar surface area (TPSA) is 94.1 Å². The third kappa shape index (κ3) is 4.23. The summed E-state index contributed by atoms with van der Waals surface area (Å²) in [4.78, 5) is 20.4. The first-order valence-electron chi connectivity index (χ1n) is 7.45. The van der Waals surface area contributed by atoms with E-state index in [4.69, 9.17) is 8.94 Å². The molecule has 3 aromatic rings. The highest BCUT2D eigenvalue weighted by molar-refractivity contribution is 7.99. The third-order valence-electron chi connectivity index (χ3n) is 3.16. The number of hydrogen-bond acceptors (Lipinski definition) is 7. The van der Waals surface area contributed by atoms with Gasteiger partial charge >= 0.3 is 0 Å². The molecule has 24 heavy (non-hydrogen) atoms. The van der Waals surface area contributed by atoms with Gasteiger partial charge in [-0.1, -0.05) is 23.8 Å². The van der Waals surface area contributed by atoms with Crippen molar-refractivity contribution >= 4 is 17.7 Å². The van der Waals surface area contributed by atoms with E-state index in [9.17, 15) is 4.79 Å². The van der Waals surface area contributed by atoms with Crippen LogP contribution in [0.1, 0.15) is 18.5 Å². The Hall–Kier alpha value is -2.61. The highest BCUT2D eigenvalue weighted by Gasteiger charge is 2.09. The minimum atomic E-state index is -0.0771. The maximum Gasteiger partial charge on any atom is 0.259 e. The van der Waals surface area contributed by atoms with Gasteiger partial charge in [-0.3, -0.25) is 4.79 Å². The van der Waals surface area contributed by atoms with Crippen LogP contribution < -0.4 is 5.32 Å². The lowest BCUT2D eigenvalue weighted by Crippen LogP contribution is -2.24. The number of thioether (sulfide) groups is 1. The summed E-state index contributed by atoms with van der Waals surface area (Å²) < 4.78 is 10.3. The maximum atomic E-state index is 11.8. The standard InChI is InChI=1S/C16H16N4O3S/c1-2-13-19-16(23-20-13)11-5-6-15(18-8-11)24-10-14(21)17-9-12-4-3-7-22-12/h3-8H,2,9-10H2,1H3,(H,17,21). The summed E-state index contributed by atoms with van der Waals surface area (Å²) in [6.45, 7) is 2.35. The van der Waals surface area contributed by atoms with Gasteiger partial charge in [0.15, 0.2) is 5.82 Å². The minimum absolute atomic E-state index is 0.0771. The molecule has 8 heteroatoms. The van der Waals surface area contributed by atoms with Crippen molar-refractivity contribution in [1.29, 1.82) is 0 Å². The van der Waals surface area contributed by atoms with Gasteiger partial charge in [-0.05, 0) is 24.3 Å². The zero-order valence-corrected chi connectivity index (χ0v) is 13.9. The molecule has 3 rings (SSSR count). The fourth-order valence-electron chi connectivity index (χ4n) is 1.90. The number of amides is 1. The van der Waals surface area contributed by atoms with Gasteiger partial charge in [0.2, 0.25) is 5.91 Å². The van der Waals surface area contributed by atoms with Crippen LogP contribution in [0.4, 0.5) is 0 Å². The van der Waals surface area contributed by atoms with E-state index in [1.54, 1.807) is 18.5 Å². The number of hydrogen-bond donors (Lipinski definition) is 1. The first kappa shape index (κ1) is 16.3. The summed E-state index contributed by atoms with van der Waals surface area (Å²) in [7, 11) is 0. The number of aromatic nitrogens is 3. The molecule has 0 radical (unpaired) electrons. The number of pyridine rings is 1. The Morgan fingerprint density at radius 1 is 1.33 bits per heavy atom. The van der Waals surface area contributed by atoms with Gasteiger partial charge in [-0.25, -0.2) is 4.98 Å². The van der Waals surface area contributed by atoms with E-state index in [-0.39, 0.29) is 11.7 Å². The van der Waals surface area contributed by atoms with E-state index >= 15 is 0 Å². The van der Waals surface area contributed by atoms with Crippen LogP contribution in [-0.4, -0.2) is 26.8 Å². The predicted octanol–water partition coefficient (Wildman–Crippen LogP) is 2.70. The van der Waals surface area contributed by atoms with E-state index in [1.165, 1.54) is 11.8 Å². The van der Waals surface area contributed by atoms with Crippen molar-refractivity contribution < 1.29 is 13.7 Å². The molecule has 0 atom stereocenters. The smallest absolute Gasteiger partial charge is 0.259 e. The number of aryl methyl sites for hydroxylation is 1. The summed E-state index contributed by atoms with van der Waals surface area (Å²) in [6, 6.07) is 7.28. The quantitative estimate of drug-likeness (QED) is 0.658. The van der Waals surface area contributed by atoms with Crippen LogP contribution in [-0.2, 0) is 17.8 Å². The number of carbonyl (C=O) groups is 1. The monoisotopic (exact) mass is 344 g/mol. The molecule has 124 valence electrons. The van der Waals surface area contributed by atoms with Crippen molar-refractivity contribution in [3.8, 4) is 11.5 Å². The fourth-order valence-corrected chi connectivity index (χ4v) is 2.57. The zero-order valence-electron chi connectivity index (χ0n) is 13.1. The van der Waals surface area contributed by atoms with Crippen molar-refractivity contribution in [2.75, 3.05) is 5.75 Å². The van der Waals surface area contributed by atoms with E-state index in [2.05, 4.69) is 20.4 Å². The van der Waals surface area contributed by atoms with Gasteiger partial charge in [0.25, 0.3) is 5.89 Å². The molecule has 0 spiro atoms. The van der Waals surface area contributed by atoms with Gasteiger partial charge < -0.3 is 14.3 Å². The van der Waals surface area contributed by atoms with E-state index in [0.717, 1.165) is 22.8 Å². The molecule has 0 aliphatic rings. The van der Waals surface area contributed by atoms with Gasteiger partial charge in [0.1, 0.15) is 5.76 Å². The Labute approximate surface area is 142 Å². The summed E-state index contributed by atoms with van der Waals surface area (Å²) >= 11 is 1.36. The lowest BCUT2D eigenvalue weighted by molar-refractivity contribution is -0.118. The van der Waals surface area contributed by atoms with Gasteiger partial charge in [0.05, 0.1) is 29.2 Å². The first-order chi connectivity index (χ1) is 11.7. The lowest BCUT2D eigenvalue weighted by Gasteiger charge is -2.03. The van der Waals surface area contributed by atoms with Crippen LogP contribution in [0.15, 0.2) is 50.7 Å². The van der Waals surface area contributed by atoms with Gasteiger partial charge in [0, 0.05) is 12.6 Å². The summed E-state index contributed by atoms with van der Waals surface area (Å²) in [5.41, 5.74) is 0.758. The normalized spacial score (nSPS) is 10.7. The molecule has 0 saturated carbocycles. The van der Waals surface area contributed by atoms with Crippen molar-refractivity contribution in [3.63, 3.8) is 0 Å². The molecule has 3 heterocycles. The molecule has 1 amide bonds. The number of furan rings is 1. The van der Waals surface area contributed by atoms with Crippen LogP contribution in [0.3, 0.4) is 0 Å². The summed E-state index contributed by atoms with van der Waals surface area (Å²) in [5.74, 6) is 2.05. The van der Waals surface area contributed by atoms with Gasteiger partial charge in [-0.2, -0.15) is 4.98 Å². The van der Waals surface area contributed by atoms with Crippen LogP contribution in [0.5, 0.6) is 0 Å². The third-order valence-corrected chi connectivity index (χ3v) is 4.10. The molecular weight excluding hydrogens is 328 g/mol. The summed E-state index contributed by atoms with van der Waals surface area (Å²) in [6.07, 6.45) is 3.96. The van der Waals surface area contributed by atoms with Crippen molar-refractivity contribution in [2.45, 2.75) is 24.9 Å². The van der Waals surface area contributed by atoms with E-state index in [0.29, 0.717) is 18.3 Å². The molecule has 7 nitrogen and oxygen atoms in total. The molecule has 0 fully saturated rings. The second-order valence-corrected chi connectivity index (χ2v) is 5.89. The molecule has 0 aliphatic heterocycles. The molecule has 0 saturated heterocycles. The van der Waals surface area contributed by atoms with Crippen LogP contribution in [0.2, 0.25) is 0 Å². The van der Waals surface area contributed by atoms with E-state index in [1.807, 2.05) is 25.1 Å². The molecule has 0 bridgehead atoms. The maximum absolute atomic E-state index is 11.8. The predicted molar refractivity (Wildman–Crippen MR) is 88.2 cm³/mol. The lowest BCUT2D eigenvalue weighted by atomic mass is 10.3. The average Bonchev–Trinajstić information content (AvgIpc) is 3.30. The second-order valence-electron chi connectivity index (χ2n) is 4.90. The van der Waals surface area contributed by atoms with Crippen molar-refractivity contribution in [2.24, 2.45) is 0 Å². The average molecular weight is 344 g/mol. The number of rotatable bonds is 7. The van der Waals surface area contributed by atoms with Crippen molar-refractivity contribution in [1.82, 2.24) is 20.4 Å². The molecule has 1 N–H and O–H groups in total. The largest absolute Gasteiger partial charge is 0.467 e. The number of nitrogens with zero attached hydrogens (tertiary/aromatic N) is 3. The Bertz CT molecular complexity index is 784. The van der Waals surface area contributed by atoms with Crippen molar-refractivity contribution in [3.05, 3.63) is 48.3 Å². The fraction of sp³-hybridized carbons (Fsp3) is 0.250.